The summed E-state index contributed by atoms with van der Waals surface area (Å²) in [5.74, 6) is -0.295. The fourth-order valence-electron chi connectivity index (χ4n) is 2.97. The normalized spacial score (nSPS) is 11.4. The number of benzene rings is 2. The van der Waals surface area contributed by atoms with E-state index in [4.69, 9.17) is 0 Å². The lowest BCUT2D eigenvalue weighted by molar-refractivity contribution is 0.0846. The average molecular weight is 326 g/mol. The molecule has 2 aromatic carbocycles. The molecule has 0 aliphatic carbocycles. The molecule has 0 spiro atoms. The zero-order valence-electron chi connectivity index (χ0n) is 14.4. The summed E-state index contributed by atoms with van der Waals surface area (Å²) < 4.78 is 0. The Hall–Kier alpha value is -1.79. The maximum atomic E-state index is 13.1. The number of aryl methyl sites for hydroxylation is 4. The number of carbonyl (C=O) groups is 2. The second-order valence-electron chi connectivity index (χ2n) is 6.39. The van der Waals surface area contributed by atoms with Gasteiger partial charge in [-0.25, -0.2) is 0 Å². The van der Waals surface area contributed by atoms with Crippen LogP contribution in [0.15, 0.2) is 36.4 Å². The van der Waals surface area contributed by atoms with Gasteiger partial charge in [-0.05, 0) is 56.9 Å². The third-order valence-electron chi connectivity index (χ3n) is 4.36. The molecule has 120 valence electrons. The smallest absolute Gasteiger partial charge is 0.180 e. The van der Waals surface area contributed by atoms with E-state index < -0.39 is 5.16 Å². The zero-order valence-corrected chi connectivity index (χ0v) is 15.5. The van der Waals surface area contributed by atoms with Crippen LogP contribution in [-0.4, -0.2) is 16.7 Å². The number of rotatable bonds is 4. The first-order chi connectivity index (χ1) is 10.7. The van der Waals surface area contributed by atoms with Gasteiger partial charge in [0.2, 0.25) is 0 Å². The van der Waals surface area contributed by atoms with Crippen molar-refractivity contribution in [2.45, 2.75) is 39.8 Å². The summed E-state index contributed by atoms with van der Waals surface area (Å²) in [4.78, 5) is 26.2. The van der Waals surface area contributed by atoms with Crippen LogP contribution in [0.25, 0.3) is 0 Å². The third-order valence-corrected chi connectivity index (χ3v) is 4.88. The highest BCUT2D eigenvalue weighted by atomic mass is 31.0. The van der Waals surface area contributed by atoms with E-state index in [-0.39, 0.29) is 11.6 Å². The molecule has 2 aromatic rings. The van der Waals surface area contributed by atoms with E-state index in [1.807, 2.05) is 64.1 Å². The van der Waals surface area contributed by atoms with Crippen LogP contribution >= 0.6 is 9.24 Å². The summed E-state index contributed by atoms with van der Waals surface area (Å²) in [5.41, 5.74) is 4.89. The second-order valence-corrected chi connectivity index (χ2v) is 7.55. The van der Waals surface area contributed by atoms with Crippen molar-refractivity contribution in [2.24, 2.45) is 0 Å². The van der Waals surface area contributed by atoms with Crippen LogP contribution < -0.4 is 0 Å². The van der Waals surface area contributed by atoms with Crippen molar-refractivity contribution in [3.8, 4) is 0 Å². The Kier molecular flexibility index (Phi) is 4.87. The van der Waals surface area contributed by atoms with Crippen LogP contribution in [-0.2, 0) is 0 Å². The van der Waals surface area contributed by atoms with E-state index in [1.165, 1.54) is 0 Å². The van der Waals surface area contributed by atoms with E-state index >= 15 is 0 Å². The molecule has 0 aliphatic rings. The largest absolute Gasteiger partial charge is 0.293 e. The molecule has 0 aromatic heterocycles. The van der Waals surface area contributed by atoms with Crippen molar-refractivity contribution in [1.29, 1.82) is 0 Å². The van der Waals surface area contributed by atoms with Crippen LogP contribution in [0, 0.1) is 27.7 Å². The van der Waals surface area contributed by atoms with Crippen molar-refractivity contribution < 1.29 is 9.59 Å². The summed E-state index contributed by atoms with van der Waals surface area (Å²) >= 11 is 0. The first-order valence-corrected chi connectivity index (χ1v) is 8.26. The standard InChI is InChI=1S/C20H23O2P/c1-12-8-6-9-13(2)16(12)18(21)20(5,23)19(22)17-14(3)10-7-11-15(17)4/h6-11H,23H2,1-5H3. The van der Waals surface area contributed by atoms with Gasteiger partial charge in [0.25, 0.3) is 0 Å². The van der Waals surface area contributed by atoms with Crippen molar-refractivity contribution in [3.05, 3.63) is 69.8 Å². The van der Waals surface area contributed by atoms with Crippen molar-refractivity contribution in [1.82, 2.24) is 0 Å². The minimum absolute atomic E-state index is 0.147. The van der Waals surface area contributed by atoms with Gasteiger partial charge in [-0.3, -0.25) is 9.59 Å². The lowest BCUT2D eigenvalue weighted by Gasteiger charge is -2.25. The Morgan fingerprint density at radius 3 is 1.26 bits per heavy atom. The Labute approximate surface area is 140 Å². The quantitative estimate of drug-likeness (QED) is 0.467. The topological polar surface area (TPSA) is 34.1 Å². The number of ketones is 2. The van der Waals surface area contributed by atoms with Crippen LogP contribution in [0.1, 0.15) is 49.9 Å². The highest BCUT2D eigenvalue weighted by Gasteiger charge is 2.39. The molecule has 1 unspecified atom stereocenters. The van der Waals surface area contributed by atoms with E-state index in [0.717, 1.165) is 22.3 Å². The molecule has 0 fully saturated rings. The van der Waals surface area contributed by atoms with Gasteiger partial charge in [0.15, 0.2) is 11.6 Å². The SMILES string of the molecule is Cc1cccc(C)c1C(=O)C(C)(P)C(=O)c1c(C)cccc1C. The minimum atomic E-state index is -1.17. The zero-order chi connectivity index (χ0) is 17.4. The van der Waals surface area contributed by atoms with Crippen molar-refractivity contribution in [2.75, 3.05) is 0 Å². The maximum Gasteiger partial charge on any atom is 0.180 e. The highest BCUT2D eigenvalue weighted by Crippen LogP contribution is 2.32. The molecule has 0 bridgehead atoms. The Balaban J connectivity index is 2.53. The van der Waals surface area contributed by atoms with Crippen LogP contribution in [0.5, 0.6) is 0 Å². The average Bonchev–Trinajstić information content (AvgIpc) is 2.46. The molecule has 3 heteroatoms. The third kappa shape index (κ3) is 3.14. The van der Waals surface area contributed by atoms with Gasteiger partial charge in [-0.1, -0.05) is 36.4 Å². The summed E-state index contributed by atoms with van der Waals surface area (Å²) in [5, 5.41) is -1.17. The number of hydrogen-bond donors (Lipinski definition) is 0. The molecule has 1 atom stereocenters. The fraction of sp³-hybridized carbons (Fsp3) is 0.300. The lowest BCUT2D eigenvalue weighted by atomic mass is 9.84. The summed E-state index contributed by atoms with van der Waals surface area (Å²) in [6.07, 6.45) is 0. The van der Waals surface area contributed by atoms with Gasteiger partial charge in [0.05, 0.1) is 0 Å². The summed E-state index contributed by atoms with van der Waals surface area (Å²) in [6, 6.07) is 11.5. The monoisotopic (exact) mass is 326 g/mol. The Morgan fingerprint density at radius 2 is 1.00 bits per heavy atom. The fourth-order valence-corrected chi connectivity index (χ4v) is 3.26. The van der Waals surface area contributed by atoms with Gasteiger partial charge in [-0.2, -0.15) is 0 Å². The summed E-state index contributed by atoms with van der Waals surface area (Å²) in [7, 11) is 2.48. The number of hydrogen-bond acceptors (Lipinski definition) is 2. The molecule has 0 N–H and O–H groups in total. The van der Waals surface area contributed by atoms with E-state index in [0.29, 0.717) is 11.1 Å². The van der Waals surface area contributed by atoms with Gasteiger partial charge in [-0.15, -0.1) is 9.24 Å². The van der Waals surface area contributed by atoms with Gasteiger partial charge in [0.1, 0.15) is 5.16 Å². The molecule has 0 radical (unpaired) electrons. The number of carbonyl (C=O) groups excluding carboxylic acids is 2. The van der Waals surface area contributed by atoms with Crippen LogP contribution in [0.3, 0.4) is 0 Å². The molecule has 0 saturated carbocycles. The molecular formula is C20H23O2P. The highest BCUT2D eigenvalue weighted by molar-refractivity contribution is 7.23. The second kappa shape index (κ2) is 6.37. The van der Waals surface area contributed by atoms with Crippen molar-refractivity contribution in [3.63, 3.8) is 0 Å². The molecule has 0 heterocycles. The van der Waals surface area contributed by atoms with E-state index in [9.17, 15) is 9.59 Å². The van der Waals surface area contributed by atoms with E-state index in [1.54, 1.807) is 6.92 Å². The lowest BCUT2D eigenvalue weighted by Crippen LogP contribution is -2.39. The molecule has 2 nitrogen and oxygen atoms in total. The first-order valence-electron chi connectivity index (χ1n) is 7.68. The first kappa shape index (κ1) is 17.6. The maximum absolute atomic E-state index is 13.1. The van der Waals surface area contributed by atoms with Gasteiger partial charge >= 0.3 is 0 Å². The molecule has 0 saturated heterocycles. The van der Waals surface area contributed by atoms with Crippen molar-refractivity contribution >= 4 is 20.8 Å². The van der Waals surface area contributed by atoms with E-state index in [2.05, 4.69) is 9.24 Å². The molecule has 23 heavy (non-hydrogen) atoms. The van der Waals surface area contributed by atoms with Gasteiger partial charge in [0, 0.05) is 11.1 Å². The molecule has 0 amide bonds. The minimum Gasteiger partial charge on any atom is -0.293 e. The molecule has 0 aliphatic heterocycles. The number of Topliss-reactive ketones (excluding diaryl/α,β-unsaturated/α-hetero) is 2. The molecule has 2 rings (SSSR count). The predicted molar refractivity (Wildman–Crippen MR) is 98.6 cm³/mol. The van der Waals surface area contributed by atoms with Gasteiger partial charge < -0.3 is 0 Å². The molecular weight excluding hydrogens is 303 g/mol. The Bertz CT molecular complexity index is 682. The Morgan fingerprint density at radius 1 is 0.739 bits per heavy atom. The van der Waals surface area contributed by atoms with Crippen LogP contribution in [0.2, 0.25) is 0 Å². The summed E-state index contributed by atoms with van der Waals surface area (Å²) in [6.45, 7) is 9.32. The van der Waals surface area contributed by atoms with Crippen LogP contribution in [0.4, 0.5) is 0 Å². The predicted octanol–water partition coefficient (Wildman–Crippen LogP) is 4.62.